The third-order valence-electron chi connectivity index (χ3n) is 6.08. The lowest BCUT2D eigenvalue weighted by molar-refractivity contribution is 0.0979. The normalized spacial score (nSPS) is 14.5. The van der Waals surface area contributed by atoms with Crippen LogP contribution in [-0.4, -0.2) is 46.1 Å². The number of aliphatic hydroxyl groups excluding tert-OH is 1. The second-order valence-corrected chi connectivity index (χ2v) is 8.98. The van der Waals surface area contributed by atoms with Crippen molar-refractivity contribution < 1.29 is 14.6 Å². The molecule has 1 aliphatic rings. The van der Waals surface area contributed by atoms with Crippen molar-refractivity contribution >= 4 is 0 Å². The summed E-state index contributed by atoms with van der Waals surface area (Å²) in [6, 6.07) is 17.9. The van der Waals surface area contributed by atoms with Gasteiger partial charge in [-0.3, -0.25) is 4.90 Å². The standard InChI is InChI=1S/C27H35N3O3/c1-4-9-22(31)18-30(17-20-14-15-20)19-25-26(21-10-6-5-7-11-21)28-29(2)27(25)33-24-13-8-12-23(16-24)32-3/h5-8,10-13,16,20,22,31H,4,9,14-15,17-19H2,1-3H3. The molecular formula is C27H35N3O3. The third-order valence-corrected chi connectivity index (χ3v) is 6.08. The Balaban J connectivity index is 1.69. The molecule has 1 aromatic heterocycles. The lowest BCUT2D eigenvalue weighted by Crippen LogP contribution is -2.33. The van der Waals surface area contributed by atoms with Gasteiger partial charge in [-0.2, -0.15) is 5.10 Å². The summed E-state index contributed by atoms with van der Waals surface area (Å²) in [5.41, 5.74) is 3.02. The van der Waals surface area contributed by atoms with E-state index in [1.165, 1.54) is 12.8 Å². The van der Waals surface area contributed by atoms with Crippen LogP contribution in [0.4, 0.5) is 0 Å². The van der Waals surface area contributed by atoms with E-state index < -0.39 is 0 Å². The van der Waals surface area contributed by atoms with Gasteiger partial charge in [0.25, 0.3) is 0 Å². The highest BCUT2D eigenvalue weighted by molar-refractivity contribution is 5.65. The van der Waals surface area contributed by atoms with Crippen molar-refractivity contribution in [2.45, 2.75) is 45.3 Å². The molecule has 0 spiro atoms. The molecule has 1 heterocycles. The van der Waals surface area contributed by atoms with Crippen LogP contribution in [-0.2, 0) is 13.6 Å². The molecule has 1 unspecified atom stereocenters. The lowest BCUT2D eigenvalue weighted by atomic mass is 10.1. The van der Waals surface area contributed by atoms with Gasteiger partial charge in [-0.15, -0.1) is 0 Å². The monoisotopic (exact) mass is 449 g/mol. The number of aromatic nitrogens is 2. The Kier molecular flexibility index (Phi) is 7.68. The van der Waals surface area contributed by atoms with Gasteiger partial charge in [-0.25, -0.2) is 4.68 Å². The molecule has 0 saturated heterocycles. The van der Waals surface area contributed by atoms with E-state index >= 15 is 0 Å². The topological polar surface area (TPSA) is 59.8 Å². The van der Waals surface area contributed by atoms with Gasteiger partial charge in [0.05, 0.1) is 18.8 Å². The van der Waals surface area contributed by atoms with E-state index in [0.29, 0.717) is 24.7 Å². The highest BCUT2D eigenvalue weighted by atomic mass is 16.5. The summed E-state index contributed by atoms with van der Waals surface area (Å²) in [5.74, 6) is 2.89. The van der Waals surface area contributed by atoms with Crippen LogP contribution in [0.15, 0.2) is 54.6 Å². The van der Waals surface area contributed by atoms with E-state index in [0.717, 1.165) is 47.9 Å². The third kappa shape index (κ3) is 6.15. The Bertz CT molecular complexity index is 1030. The number of aryl methyl sites for hydroxylation is 1. The van der Waals surface area contributed by atoms with Crippen molar-refractivity contribution in [3.63, 3.8) is 0 Å². The summed E-state index contributed by atoms with van der Waals surface area (Å²) in [4.78, 5) is 2.37. The number of hydrogen-bond donors (Lipinski definition) is 1. The minimum Gasteiger partial charge on any atom is -0.497 e. The Morgan fingerprint density at radius 2 is 1.88 bits per heavy atom. The van der Waals surface area contributed by atoms with Gasteiger partial charge in [0.1, 0.15) is 17.2 Å². The zero-order valence-corrected chi connectivity index (χ0v) is 19.9. The van der Waals surface area contributed by atoms with Crippen LogP contribution in [0.5, 0.6) is 17.4 Å². The summed E-state index contributed by atoms with van der Waals surface area (Å²) in [5, 5.41) is 15.4. The van der Waals surface area contributed by atoms with Crippen molar-refractivity contribution in [2.24, 2.45) is 13.0 Å². The first-order valence-corrected chi connectivity index (χ1v) is 11.9. The van der Waals surface area contributed by atoms with Gasteiger partial charge < -0.3 is 14.6 Å². The molecule has 0 amide bonds. The quantitative estimate of drug-likeness (QED) is 0.409. The number of hydrogen-bond acceptors (Lipinski definition) is 5. The average molecular weight is 450 g/mol. The summed E-state index contributed by atoms with van der Waals surface area (Å²) >= 11 is 0. The van der Waals surface area contributed by atoms with E-state index in [1.54, 1.807) is 7.11 Å². The van der Waals surface area contributed by atoms with Crippen LogP contribution in [0.2, 0.25) is 0 Å². The molecular weight excluding hydrogens is 414 g/mol. The first-order valence-electron chi connectivity index (χ1n) is 11.9. The molecule has 33 heavy (non-hydrogen) atoms. The Labute approximate surface area is 196 Å². The van der Waals surface area contributed by atoms with Gasteiger partial charge in [0.15, 0.2) is 0 Å². The minimum atomic E-state index is -0.326. The van der Waals surface area contributed by atoms with Crippen molar-refractivity contribution in [3.8, 4) is 28.6 Å². The number of aliphatic hydroxyl groups is 1. The van der Waals surface area contributed by atoms with E-state index in [9.17, 15) is 5.11 Å². The van der Waals surface area contributed by atoms with E-state index in [1.807, 2.05) is 54.2 Å². The van der Waals surface area contributed by atoms with Crippen molar-refractivity contribution in [3.05, 3.63) is 60.2 Å². The summed E-state index contributed by atoms with van der Waals surface area (Å²) in [7, 11) is 3.57. The van der Waals surface area contributed by atoms with Crippen LogP contribution < -0.4 is 9.47 Å². The fraction of sp³-hybridized carbons (Fsp3) is 0.444. The molecule has 0 bridgehead atoms. The highest BCUT2D eigenvalue weighted by Crippen LogP contribution is 2.36. The maximum absolute atomic E-state index is 10.6. The molecule has 1 saturated carbocycles. The van der Waals surface area contributed by atoms with E-state index in [4.69, 9.17) is 14.6 Å². The molecule has 1 fully saturated rings. The molecule has 6 nitrogen and oxygen atoms in total. The molecule has 176 valence electrons. The Hall–Kier alpha value is -2.83. The molecule has 2 aromatic carbocycles. The van der Waals surface area contributed by atoms with Crippen LogP contribution in [0, 0.1) is 5.92 Å². The molecule has 4 rings (SSSR count). The van der Waals surface area contributed by atoms with Crippen LogP contribution in [0.25, 0.3) is 11.3 Å². The number of rotatable bonds is 12. The Morgan fingerprint density at radius 1 is 1.12 bits per heavy atom. The second kappa shape index (κ2) is 10.9. The zero-order chi connectivity index (χ0) is 23.2. The molecule has 0 aliphatic heterocycles. The van der Waals surface area contributed by atoms with Crippen molar-refractivity contribution in [1.29, 1.82) is 0 Å². The fourth-order valence-electron chi connectivity index (χ4n) is 4.24. The number of nitrogens with zero attached hydrogens (tertiary/aromatic N) is 3. The first-order chi connectivity index (χ1) is 16.1. The Morgan fingerprint density at radius 3 is 2.58 bits per heavy atom. The molecule has 1 N–H and O–H groups in total. The van der Waals surface area contributed by atoms with Crippen LogP contribution >= 0.6 is 0 Å². The molecule has 1 aliphatic carbocycles. The lowest BCUT2D eigenvalue weighted by Gasteiger charge is -2.25. The maximum atomic E-state index is 10.6. The molecule has 0 radical (unpaired) electrons. The SMILES string of the molecule is CCCC(O)CN(Cc1c(-c2ccccc2)nn(C)c1Oc1cccc(OC)c1)CC1CC1. The van der Waals surface area contributed by atoms with E-state index in [2.05, 4.69) is 24.0 Å². The zero-order valence-electron chi connectivity index (χ0n) is 19.9. The fourth-order valence-corrected chi connectivity index (χ4v) is 4.24. The van der Waals surface area contributed by atoms with Crippen molar-refractivity contribution in [2.75, 3.05) is 20.2 Å². The maximum Gasteiger partial charge on any atom is 0.222 e. The van der Waals surface area contributed by atoms with Crippen LogP contribution in [0.3, 0.4) is 0 Å². The second-order valence-electron chi connectivity index (χ2n) is 8.98. The van der Waals surface area contributed by atoms with E-state index in [-0.39, 0.29) is 6.10 Å². The van der Waals surface area contributed by atoms with Gasteiger partial charge in [-0.1, -0.05) is 49.7 Å². The van der Waals surface area contributed by atoms with Crippen molar-refractivity contribution in [1.82, 2.24) is 14.7 Å². The predicted octanol–water partition coefficient (Wildman–Crippen LogP) is 5.26. The van der Waals surface area contributed by atoms with Gasteiger partial charge in [0.2, 0.25) is 5.88 Å². The molecule has 3 aromatic rings. The smallest absolute Gasteiger partial charge is 0.222 e. The highest BCUT2D eigenvalue weighted by Gasteiger charge is 2.28. The van der Waals surface area contributed by atoms with Crippen LogP contribution in [0.1, 0.15) is 38.2 Å². The summed E-state index contributed by atoms with van der Waals surface area (Å²) < 4.78 is 13.6. The minimum absolute atomic E-state index is 0.326. The van der Waals surface area contributed by atoms with Gasteiger partial charge in [-0.05, 0) is 37.3 Å². The number of methoxy groups -OCH3 is 1. The van der Waals surface area contributed by atoms with Gasteiger partial charge in [0, 0.05) is 38.3 Å². The predicted molar refractivity (Wildman–Crippen MR) is 131 cm³/mol. The average Bonchev–Trinajstić information content (AvgIpc) is 3.59. The largest absolute Gasteiger partial charge is 0.497 e. The summed E-state index contributed by atoms with van der Waals surface area (Å²) in [6.45, 7) is 4.44. The van der Waals surface area contributed by atoms with Gasteiger partial charge >= 0.3 is 0 Å². The number of benzene rings is 2. The summed E-state index contributed by atoms with van der Waals surface area (Å²) in [6.07, 6.45) is 4.00. The first kappa shape index (κ1) is 23.3. The molecule has 1 atom stereocenters. The molecule has 6 heteroatoms. The number of ether oxygens (including phenoxy) is 2.